The summed E-state index contributed by atoms with van der Waals surface area (Å²) in [5.74, 6) is 0.0213. The smallest absolute Gasteiger partial charge is 0.280 e. The summed E-state index contributed by atoms with van der Waals surface area (Å²) in [6.07, 6.45) is -2.20. The van der Waals surface area contributed by atoms with Gasteiger partial charge in [0.15, 0.2) is 6.29 Å². The minimum absolute atomic E-state index is 0.0213. The summed E-state index contributed by atoms with van der Waals surface area (Å²) in [6.45, 7) is 1.43. The van der Waals surface area contributed by atoms with Crippen LogP contribution in [0.2, 0.25) is 0 Å². The fraction of sp³-hybridized carbons (Fsp3) is 0.333. The molecule has 1 aromatic rings. The largest absolute Gasteiger partial charge is 0.481 e. The van der Waals surface area contributed by atoms with Crippen molar-refractivity contribution in [1.29, 1.82) is 0 Å². The number of nitrogens with zero attached hydrogens (tertiary/aromatic N) is 1. The Morgan fingerprint density at radius 2 is 2.21 bits per heavy atom. The van der Waals surface area contributed by atoms with E-state index in [1.807, 2.05) is 0 Å². The predicted octanol–water partition coefficient (Wildman–Crippen LogP) is 2.15. The summed E-state index contributed by atoms with van der Waals surface area (Å²) in [7, 11) is 1.31. The molecule has 0 atom stereocenters. The molecule has 14 heavy (non-hydrogen) atoms. The molecule has 0 fully saturated rings. The molecule has 0 aromatic carbocycles. The van der Waals surface area contributed by atoms with E-state index < -0.39 is 12.1 Å². The Morgan fingerprint density at radius 3 is 2.64 bits per heavy atom. The molecule has 0 aliphatic heterocycles. The number of halogens is 2. The Kier molecular flexibility index (Phi) is 3.11. The second kappa shape index (κ2) is 4.13. The number of rotatable bonds is 3. The molecule has 1 heterocycles. The Labute approximate surface area is 79.7 Å². The van der Waals surface area contributed by atoms with Gasteiger partial charge in [-0.25, -0.2) is 13.8 Å². The lowest BCUT2D eigenvalue weighted by molar-refractivity contribution is 0.112. The molecule has 3 nitrogen and oxygen atoms in total. The molecule has 0 N–H and O–H groups in total. The average molecular weight is 201 g/mol. The maximum atomic E-state index is 12.4. The molecule has 0 unspecified atom stereocenters. The monoisotopic (exact) mass is 201 g/mol. The van der Waals surface area contributed by atoms with Crippen LogP contribution in [-0.2, 0) is 0 Å². The van der Waals surface area contributed by atoms with Gasteiger partial charge in [0.1, 0.15) is 5.69 Å². The molecule has 0 bridgehead atoms. The maximum absolute atomic E-state index is 12.4. The van der Waals surface area contributed by atoms with Crippen LogP contribution in [0.1, 0.15) is 28.0 Å². The summed E-state index contributed by atoms with van der Waals surface area (Å²) >= 11 is 0. The third-order valence-corrected chi connectivity index (χ3v) is 1.87. The second-order valence-corrected chi connectivity index (χ2v) is 2.68. The van der Waals surface area contributed by atoms with Crippen molar-refractivity contribution in [3.05, 3.63) is 22.9 Å². The molecule has 76 valence electrons. The fourth-order valence-corrected chi connectivity index (χ4v) is 1.06. The van der Waals surface area contributed by atoms with Crippen LogP contribution in [0.5, 0.6) is 5.88 Å². The van der Waals surface area contributed by atoms with Crippen LogP contribution in [0.4, 0.5) is 8.78 Å². The zero-order valence-corrected chi connectivity index (χ0v) is 7.75. The topological polar surface area (TPSA) is 39.2 Å². The van der Waals surface area contributed by atoms with Crippen LogP contribution in [0.3, 0.4) is 0 Å². The number of hydrogen-bond donors (Lipinski definition) is 0. The minimum Gasteiger partial charge on any atom is -0.481 e. The molecule has 1 rings (SSSR count). The van der Waals surface area contributed by atoms with E-state index >= 15 is 0 Å². The first-order valence-corrected chi connectivity index (χ1v) is 3.89. The van der Waals surface area contributed by atoms with Crippen molar-refractivity contribution in [3.8, 4) is 5.88 Å². The van der Waals surface area contributed by atoms with E-state index in [1.54, 1.807) is 0 Å². The highest BCUT2D eigenvalue weighted by molar-refractivity contribution is 5.78. The summed E-state index contributed by atoms with van der Waals surface area (Å²) < 4.78 is 29.6. The summed E-state index contributed by atoms with van der Waals surface area (Å²) in [4.78, 5) is 14.1. The van der Waals surface area contributed by atoms with Crippen molar-refractivity contribution in [2.24, 2.45) is 0 Å². The number of carbonyl (C=O) groups excluding carboxylic acids is 1. The lowest BCUT2D eigenvalue weighted by Gasteiger charge is -2.08. The van der Waals surface area contributed by atoms with Crippen LogP contribution in [0.15, 0.2) is 6.07 Å². The molecule has 0 radical (unpaired) electrons. The first-order valence-electron chi connectivity index (χ1n) is 3.89. The Bertz CT molecular complexity index is 353. The van der Waals surface area contributed by atoms with E-state index in [0.29, 0.717) is 6.29 Å². The van der Waals surface area contributed by atoms with Gasteiger partial charge in [0.2, 0.25) is 5.88 Å². The summed E-state index contributed by atoms with van der Waals surface area (Å²) in [5.41, 5.74) is -0.0469. The molecule has 0 saturated heterocycles. The quantitative estimate of drug-likeness (QED) is 0.703. The van der Waals surface area contributed by atoms with Crippen molar-refractivity contribution in [2.45, 2.75) is 13.3 Å². The molecule has 0 aliphatic carbocycles. The maximum Gasteiger partial charge on any atom is 0.280 e. The Balaban J connectivity index is 3.34. The van der Waals surface area contributed by atoms with Gasteiger partial charge in [-0.05, 0) is 12.5 Å². The van der Waals surface area contributed by atoms with Crippen molar-refractivity contribution >= 4 is 6.29 Å². The molecule has 0 amide bonds. The average Bonchev–Trinajstić information content (AvgIpc) is 2.17. The number of hydrogen-bond acceptors (Lipinski definition) is 3. The van der Waals surface area contributed by atoms with E-state index in [2.05, 4.69) is 4.98 Å². The molecule has 0 aliphatic rings. The molecule has 1 aromatic heterocycles. The van der Waals surface area contributed by atoms with Gasteiger partial charge >= 0.3 is 0 Å². The van der Waals surface area contributed by atoms with Crippen LogP contribution < -0.4 is 4.74 Å². The summed E-state index contributed by atoms with van der Waals surface area (Å²) in [5, 5.41) is 0. The normalized spacial score (nSPS) is 10.4. The number of pyridine rings is 1. The number of carbonyl (C=O) groups is 1. The lowest BCUT2D eigenvalue weighted by Crippen LogP contribution is -2.01. The molecule has 5 heteroatoms. The van der Waals surface area contributed by atoms with Crippen molar-refractivity contribution in [2.75, 3.05) is 7.11 Å². The first kappa shape index (κ1) is 10.6. The number of alkyl halides is 2. The number of aromatic nitrogens is 1. The van der Waals surface area contributed by atoms with E-state index in [4.69, 9.17) is 4.74 Å². The highest BCUT2D eigenvalue weighted by Gasteiger charge is 2.16. The molecular weight excluding hydrogens is 192 g/mol. The third kappa shape index (κ3) is 1.86. The number of aldehydes is 1. The Morgan fingerprint density at radius 1 is 1.57 bits per heavy atom. The summed E-state index contributed by atoms with van der Waals surface area (Å²) in [6, 6.07) is 1.33. The van der Waals surface area contributed by atoms with Gasteiger partial charge in [-0.2, -0.15) is 0 Å². The van der Waals surface area contributed by atoms with Gasteiger partial charge in [0.05, 0.1) is 7.11 Å². The van der Waals surface area contributed by atoms with Crippen LogP contribution in [0.25, 0.3) is 0 Å². The van der Waals surface area contributed by atoms with Crippen LogP contribution in [-0.4, -0.2) is 18.4 Å². The van der Waals surface area contributed by atoms with Gasteiger partial charge < -0.3 is 4.74 Å². The minimum atomic E-state index is -2.70. The van der Waals surface area contributed by atoms with E-state index in [0.717, 1.165) is 0 Å². The standard InChI is InChI=1S/C9H9F2NO2/c1-5-6(4-13)3-7(14-2)12-8(5)9(10)11/h3-4,9H,1-2H3. The van der Waals surface area contributed by atoms with Gasteiger partial charge in [-0.3, -0.25) is 4.79 Å². The highest BCUT2D eigenvalue weighted by Crippen LogP contribution is 2.25. The van der Waals surface area contributed by atoms with E-state index in [1.165, 1.54) is 20.1 Å². The Hall–Kier alpha value is -1.52. The van der Waals surface area contributed by atoms with E-state index in [9.17, 15) is 13.6 Å². The van der Waals surface area contributed by atoms with E-state index in [-0.39, 0.29) is 17.0 Å². The van der Waals surface area contributed by atoms with Gasteiger partial charge in [-0.1, -0.05) is 0 Å². The van der Waals surface area contributed by atoms with Crippen LogP contribution in [0, 0.1) is 6.92 Å². The van der Waals surface area contributed by atoms with Crippen molar-refractivity contribution in [1.82, 2.24) is 4.98 Å². The molecular formula is C9H9F2NO2. The van der Waals surface area contributed by atoms with Crippen molar-refractivity contribution < 1.29 is 18.3 Å². The van der Waals surface area contributed by atoms with Gasteiger partial charge in [-0.15, -0.1) is 0 Å². The van der Waals surface area contributed by atoms with Crippen molar-refractivity contribution in [3.63, 3.8) is 0 Å². The van der Waals surface area contributed by atoms with Gasteiger partial charge in [0, 0.05) is 11.6 Å². The first-order chi connectivity index (χ1) is 6.60. The molecule has 0 saturated carbocycles. The fourth-order valence-electron chi connectivity index (χ4n) is 1.06. The second-order valence-electron chi connectivity index (χ2n) is 2.68. The molecule has 0 spiro atoms. The number of ether oxygens (including phenoxy) is 1. The SMILES string of the molecule is COc1cc(C=O)c(C)c(C(F)F)n1. The predicted molar refractivity (Wildman–Crippen MR) is 45.9 cm³/mol. The number of methoxy groups -OCH3 is 1. The highest BCUT2D eigenvalue weighted by atomic mass is 19.3. The van der Waals surface area contributed by atoms with Crippen LogP contribution >= 0.6 is 0 Å². The lowest BCUT2D eigenvalue weighted by atomic mass is 10.1. The van der Waals surface area contributed by atoms with Gasteiger partial charge in [0.25, 0.3) is 6.43 Å². The third-order valence-electron chi connectivity index (χ3n) is 1.87. The zero-order valence-electron chi connectivity index (χ0n) is 7.75. The zero-order chi connectivity index (χ0) is 10.7.